The number of rotatable bonds is 6. The van der Waals surface area contributed by atoms with Gasteiger partial charge in [0.2, 0.25) is 0 Å². The summed E-state index contributed by atoms with van der Waals surface area (Å²) >= 11 is 1.57. The molecule has 19 heavy (non-hydrogen) atoms. The Morgan fingerprint density at radius 3 is 2.74 bits per heavy atom. The van der Waals surface area contributed by atoms with Gasteiger partial charge in [0, 0.05) is 4.88 Å². The lowest BCUT2D eigenvalue weighted by Gasteiger charge is -2.21. The molecule has 1 heterocycles. The smallest absolute Gasteiger partial charge is 0.328 e. The van der Waals surface area contributed by atoms with Crippen molar-refractivity contribution in [2.45, 2.75) is 32.9 Å². The van der Waals surface area contributed by atoms with Crippen LogP contribution < -0.4 is 10.6 Å². The molecule has 0 fully saturated rings. The number of urea groups is 1. The fourth-order valence-electron chi connectivity index (χ4n) is 1.57. The number of hydrogen-bond acceptors (Lipinski definition) is 4. The summed E-state index contributed by atoms with van der Waals surface area (Å²) in [4.78, 5) is 24.4. The van der Waals surface area contributed by atoms with E-state index in [0.717, 1.165) is 11.3 Å². The number of ether oxygens (including phenoxy) is 1. The molecule has 0 saturated carbocycles. The van der Waals surface area contributed by atoms with E-state index in [0.29, 0.717) is 6.54 Å². The molecule has 2 atom stereocenters. The van der Waals surface area contributed by atoms with E-state index in [1.54, 1.807) is 11.3 Å². The minimum atomic E-state index is -0.613. The quantitative estimate of drug-likeness (QED) is 0.786. The molecule has 0 aromatic carbocycles. The van der Waals surface area contributed by atoms with Crippen LogP contribution in [0.15, 0.2) is 17.5 Å². The minimum Gasteiger partial charge on any atom is -0.467 e. The highest BCUT2D eigenvalue weighted by Crippen LogP contribution is 2.10. The zero-order valence-corrected chi connectivity index (χ0v) is 12.3. The predicted molar refractivity (Wildman–Crippen MR) is 74.9 cm³/mol. The lowest BCUT2D eigenvalue weighted by atomic mass is 9.99. The Kier molecular flexibility index (Phi) is 6.35. The fraction of sp³-hybridized carbons (Fsp3) is 0.538. The average Bonchev–Trinajstić information content (AvgIpc) is 2.94. The number of carbonyl (C=O) groups excluding carboxylic acids is 2. The number of thiophene rings is 1. The number of amides is 2. The molecule has 1 rings (SSSR count). The van der Waals surface area contributed by atoms with Crippen LogP contribution in [0.2, 0.25) is 0 Å². The highest BCUT2D eigenvalue weighted by Gasteiger charge is 2.26. The van der Waals surface area contributed by atoms with Crippen molar-refractivity contribution in [3.8, 4) is 0 Å². The molecule has 0 aliphatic carbocycles. The highest BCUT2D eigenvalue weighted by atomic mass is 32.1. The number of nitrogens with one attached hydrogen (secondary N) is 2. The number of esters is 1. The summed E-state index contributed by atoms with van der Waals surface area (Å²) in [7, 11) is 1.32. The summed E-state index contributed by atoms with van der Waals surface area (Å²) < 4.78 is 4.71. The van der Waals surface area contributed by atoms with Gasteiger partial charge in [-0.1, -0.05) is 26.3 Å². The molecule has 0 bridgehead atoms. The lowest BCUT2D eigenvalue weighted by molar-refractivity contribution is -0.144. The van der Waals surface area contributed by atoms with Crippen LogP contribution in [0.3, 0.4) is 0 Å². The van der Waals surface area contributed by atoms with Gasteiger partial charge in [0.05, 0.1) is 13.7 Å². The van der Waals surface area contributed by atoms with E-state index in [-0.39, 0.29) is 11.9 Å². The van der Waals surface area contributed by atoms with Crippen LogP contribution in [-0.2, 0) is 16.1 Å². The van der Waals surface area contributed by atoms with E-state index in [1.807, 2.05) is 31.4 Å². The molecular weight excluding hydrogens is 264 g/mol. The maximum Gasteiger partial charge on any atom is 0.328 e. The second kappa shape index (κ2) is 7.78. The molecule has 0 aliphatic heterocycles. The Bertz CT molecular complexity index is 406. The largest absolute Gasteiger partial charge is 0.467 e. The van der Waals surface area contributed by atoms with Crippen molar-refractivity contribution in [1.82, 2.24) is 10.6 Å². The third-order valence-electron chi connectivity index (χ3n) is 2.96. The third kappa shape index (κ3) is 4.90. The van der Waals surface area contributed by atoms with Crippen LogP contribution in [0.5, 0.6) is 0 Å². The topological polar surface area (TPSA) is 67.4 Å². The second-order valence-electron chi connectivity index (χ2n) is 4.29. The van der Waals surface area contributed by atoms with Crippen LogP contribution in [-0.4, -0.2) is 25.2 Å². The first kappa shape index (κ1) is 15.5. The molecule has 2 N–H and O–H groups in total. The summed E-state index contributed by atoms with van der Waals surface area (Å²) in [5.41, 5.74) is 0. The third-order valence-corrected chi connectivity index (χ3v) is 3.83. The Labute approximate surface area is 117 Å². The number of methoxy groups -OCH3 is 1. The maximum absolute atomic E-state index is 11.8. The molecular formula is C13H20N2O3S. The van der Waals surface area contributed by atoms with E-state index in [1.165, 1.54) is 7.11 Å². The van der Waals surface area contributed by atoms with E-state index < -0.39 is 12.0 Å². The fourth-order valence-corrected chi connectivity index (χ4v) is 2.21. The Morgan fingerprint density at radius 1 is 1.47 bits per heavy atom. The van der Waals surface area contributed by atoms with Crippen LogP contribution in [0.1, 0.15) is 25.1 Å². The van der Waals surface area contributed by atoms with E-state index in [2.05, 4.69) is 10.6 Å². The Balaban J connectivity index is 2.48. The summed E-state index contributed by atoms with van der Waals surface area (Å²) in [6.45, 7) is 4.32. The summed E-state index contributed by atoms with van der Waals surface area (Å²) in [6, 6.07) is 2.90. The molecule has 0 radical (unpaired) electrons. The average molecular weight is 284 g/mol. The molecule has 0 spiro atoms. The Hall–Kier alpha value is -1.56. The van der Waals surface area contributed by atoms with Crippen LogP contribution in [0, 0.1) is 5.92 Å². The van der Waals surface area contributed by atoms with Gasteiger partial charge in [0.25, 0.3) is 0 Å². The highest BCUT2D eigenvalue weighted by molar-refractivity contribution is 7.09. The molecule has 5 nitrogen and oxygen atoms in total. The van der Waals surface area contributed by atoms with Crippen molar-refractivity contribution < 1.29 is 14.3 Å². The van der Waals surface area contributed by atoms with E-state index in [4.69, 9.17) is 4.74 Å². The molecule has 0 saturated heterocycles. The zero-order chi connectivity index (χ0) is 14.3. The monoisotopic (exact) mass is 284 g/mol. The SMILES string of the molecule is CC[C@H](C)[C@H](NC(=O)NCc1cccs1)C(=O)OC. The number of carbonyl (C=O) groups is 2. The lowest BCUT2D eigenvalue weighted by Crippen LogP contribution is -2.49. The molecule has 106 valence electrons. The Morgan fingerprint density at radius 2 is 2.21 bits per heavy atom. The molecule has 0 aliphatic rings. The molecule has 6 heteroatoms. The van der Waals surface area contributed by atoms with Gasteiger partial charge >= 0.3 is 12.0 Å². The van der Waals surface area contributed by atoms with Gasteiger partial charge in [0.15, 0.2) is 0 Å². The van der Waals surface area contributed by atoms with Crippen LogP contribution in [0.25, 0.3) is 0 Å². The minimum absolute atomic E-state index is 0.0277. The van der Waals surface area contributed by atoms with Gasteiger partial charge < -0.3 is 15.4 Å². The summed E-state index contributed by atoms with van der Waals surface area (Å²) in [5.74, 6) is -0.388. The first-order valence-electron chi connectivity index (χ1n) is 6.23. The van der Waals surface area contributed by atoms with E-state index >= 15 is 0 Å². The van der Waals surface area contributed by atoms with Gasteiger partial charge in [-0.05, 0) is 17.4 Å². The maximum atomic E-state index is 11.8. The molecule has 1 aromatic heterocycles. The van der Waals surface area contributed by atoms with Crippen molar-refractivity contribution in [2.75, 3.05) is 7.11 Å². The first-order valence-corrected chi connectivity index (χ1v) is 7.11. The first-order chi connectivity index (χ1) is 9.08. The van der Waals surface area contributed by atoms with Crippen molar-refractivity contribution >= 4 is 23.3 Å². The molecule has 0 unspecified atom stereocenters. The van der Waals surface area contributed by atoms with Crippen molar-refractivity contribution in [3.63, 3.8) is 0 Å². The van der Waals surface area contributed by atoms with Crippen LogP contribution in [0.4, 0.5) is 4.79 Å². The van der Waals surface area contributed by atoms with Crippen molar-refractivity contribution in [3.05, 3.63) is 22.4 Å². The second-order valence-corrected chi connectivity index (χ2v) is 5.32. The van der Waals surface area contributed by atoms with Crippen LogP contribution >= 0.6 is 11.3 Å². The van der Waals surface area contributed by atoms with Gasteiger partial charge in [-0.3, -0.25) is 0 Å². The van der Waals surface area contributed by atoms with Gasteiger partial charge in [-0.15, -0.1) is 11.3 Å². The summed E-state index contributed by atoms with van der Waals surface area (Å²) in [6.07, 6.45) is 0.783. The van der Waals surface area contributed by atoms with E-state index in [9.17, 15) is 9.59 Å². The predicted octanol–water partition coefficient (Wildman–Crippen LogP) is 2.13. The van der Waals surface area contributed by atoms with Crippen molar-refractivity contribution in [1.29, 1.82) is 0 Å². The van der Waals surface area contributed by atoms with Gasteiger partial charge in [-0.2, -0.15) is 0 Å². The summed E-state index contributed by atoms with van der Waals surface area (Å²) in [5, 5.41) is 7.34. The normalized spacial score (nSPS) is 13.4. The van der Waals surface area contributed by atoms with Gasteiger partial charge in [-0.25, -0.2) is 9.59 Å². The molecule has 1 aromatic rings. The molecule has 2 amide bonds. The zero-order valence-electron chi connectivity index (χ0n) is 11.4. The standard InChI is InChI=1S/C13H20N2O3S/c1-4-9(2)11(12(16)18-3)15-13(17)14-8-10-6-5-7-19-10/h5-7,9,11H,4,8H2,1-3H3,(H2,14,15,17)/t9-,11-/m0/s1. The number of hydrogen-bond donors (Lipinski definition) is 2. The van der Waals surface area contributed by atoms with Crippen molar-refractivity contribution in [2.24, 2.45) is 5.92 Å². The van der Waals surface area contributed by atoms with Gasteiger partial charge in [0.1, 0.15) is 6.04 Å².